The first-order valence-corrected chi connectivity index (χ1v) is 6.12. The maximum Gasteiger partial charge on any atom is 0.323 e. The standard InChI is InChI=1S/C14H19NO2/c1-14(13(16)17)10-12(7-8-15-14)9-11-5-3-2-4-6-11/h2-6,12,15H,7-10H2,1H3,(H,16,17). The van der Waals surface area contributed by atoms with Crippen molar-refractivity contribution in [3.05, 3.63) is 35.9 Å². The SMILES string of the molecule is CC1(C(=O)O)CC(Cc2ccccc2)CCN1. The highest BCUT2D eigenvalue weighted by Crippen LogP contribution is 2.27. The van der Waals surface area contributed by atoms with Gasteiger partial charge in [-0.1, -0.05) is 30.3 Å². The number of carbonyl (C=O) groups is 1. The summed E-state index contributed by atoms with van der Waals surface area (Å²) in [4.78, 5) is 11.2. The van der Waals surface area contributed by atoms with Crippen molar-refractivity contribution in [3.63, 3.8) is 0 Å². The molecule has 1 fully saturated rings. The molecule has 0 radical (unpaired) electrons. The Bertz CT molecular complexity index is 390. The maximum absolute atomic E-state index is 11.2. The molecule has 1 aromatic carbocycles. The van der Waals surface area contributed by atoms with Crippen molar-refractivity contribution in [2.75, 3.05) is 6.54 Å². The second-order valence-electron chi connectivity index (χ2n) is 5.11. The summed E-state index contributed by atoms with van der Waals surface area (Å²) in [5.74, 6) is -0.282. The fourth-order valence-electron chi connectivity index (χ4n) is 2.59. The Balaban J connectivity index is 2.01. The van der Waals surface area contributed by atoms with Gasteiger partial charge in [0, 0.05) is 0 Å². The monoisotopic (exact) mass is 233 g/mol. The Labute approximate surface area is 102 Å². The van der Waals surface area contributed by atoms with Gasteiger partial charge in [-0.05, 0) is 44.2 Å². The van der Waals surface area contributed by atoms with E-state index in [4.69, 9.17) is 0 Å². The van der Waals surface area contributed by atoms with Gasteiger partial charge in [0.1, 0.15) is 5.54 Å². The second-order valence-corrected chi connectivity index (χ2v) is 5.11. The number of aliphatic carboxylic acids is 1. The molecule has 1 saturated heterocycles. The van der Waals surface area contributed by atoms with Crippen LogP contribution in [0.1, 0.15) is 25.3 Å². The van der Waals surface area contributed by atoms with Crippen LogP contribution in [0.5, 0.6) is 0 Å². The largest absolute Gasteiger partial charge is 0.480 e. The van der Waals surface area contributed by atoms with Crippen molar-refractivity contribution < 1.29 is 9.90 Å². The summed E-state index contributed by atoms with van der Waals surface area (Å²) >= 11 is 0. The van der Waals surface area contributed by atoms with Gasteiger partial charge in [-0.3, -0.25) is 4.79 Å². The first-order chi connectivity index (χ1) is 8.10. The first kappa shape index (κ1) is 12.1. The van der Waals surface area contributed by atoms with E-state index in [0.717, 1.165) is 19.4 Å². The summed E-state index contributed by atoms with van der Waals surface area (Å²) in [6.45, 7) is 2.58. The van der Waals surface area contributed by atoms with E-state index in [9.17, 15) is 9.90 Å². The van der Waals surface area contributed by atoms with Gasteiger partial charge in [-0.15, -0.1) is 0 Å². The zero-order chi connectivity index (χ0) is 12.3. The predicted molar refractivity (Wildman–Crippen MR) is 66.9 cm³/mol. The molecule has 2 unspecified atom stereocenters. The summed E-state index contributed by atoms with van der Waals surface area (Å²) in [6, 6.07) is 10.3. The van der Waals surface area contributed by atoms with E-state index < -0.39 is 11.5 Å². The van der Waals surface area contributed by atoms with Gasteiger partial charge in [-0.25, -0.2) is 0 Å². The first-order valence-electron chi connectivity index (χ1n) is 6.12. The van der Waals surface area contributed by atoms with Crippen LogP contribution in [0.2, 0.25) is 0 Å². The molecule has 0 spiro atoms. The van der Waals surface area contributed by atoms with E-state index in [1.165, 1.54) is 5.56 Å². The molecule has 2 N–H and O–H groups in total. The number of piperidine rings is 1. The number of rotatable bonds is 3. The number of benzene rings is 1. The highest BCUT2D eigenvalue weighted by atomic mass is 16.4. The van der Waals surface area contributed by atoms with E-state index >= 15 is 0 Å². The van der Waals surface area contributed by atoms with Gasteiger partial charge in [-0.2, -0.15) is 0 Å². The molecule has 2 atom stereocenters. The van der Waals surface area contributed by atoms with E-state index in [-0.39, 0.29) is 0 Å². The van der Waals surface area contributed by atoms with Crippen molar-refractivity contribution in [1.29, 1.82) is 0 Å². The number of carboxylic acid groups (broad SMARTS) is 1. The molecule has 0 aliphatic carbocycles. The van der Waals surface area contributed by atoms with Crippen LogP contribution in [0.15, 0.2) is 30.3 Å². The van der Waals surface area contributed by atoms with Crippen molar-refractivity contribution in [2.45, 2.75) is 31.7 Å². The van der Waals surface area contributed by atoms with Crippen molar-refractivity contribution >= 4 is 5.97 Å². The Morgan fingerprint density at radius 1 is 1.47 bits per heavy atom. The third-order valence-electron chi connectivity index (χ3n) is 3.60. The molecule has 3 nitrogen and oxygen atoms in total. The summed E-state index contributed by atoms with van der Waals surface area (Å²) in [6.07, 6.45) is 2.74. The van der Waals surface area contributed by atoms with Crippen molar-refractivity contribution in [3.8, 4) is 0 Å². The summed E-state index contributed by atoms with van der Waals surface area (Å²) in [5, 5.41) is 12.3. The van der Waals surface area contributed by atoms with Crippen LogP contribution >= 0.6 is 0 Å². The molecule has 0 amide bonds. The van der Waals surface area contributed by atoms with Gasteiger partial charge in [0.05, 0.1) is 0 Å². The number of nitrogens with one attached hydrogen (secondary N) is 1. The van der Waals surface area contributed by atoms with Gasteiger partial charge >= 0.3 is 5.97 Å². The van der Waals surface area contributed by atoms with Crippen LogP contribution < -0.4 is 5.32 Å². The molecule has 0 saturated carbocycles. The molecular weight excluding hydrogens is 214 g/mol. The van der Waals surface area contributed by atoms with E-state index in [2.05, 4.69) is 17.4 Å². The van der Waals surface area contributed by atoms with Gasteiger partial charge in [0.2, 0.25) is 0 Å². The molecule has 1 aliphatic rings. The normalized spacial score (nSPS) is 28.9. The minimum atomic E-state index is -0.752. The fourth-order valence-corrected chi connectivity index (χ4v) is 2.59. The maximum atomic E-state index is 11.2. The van der Waals surface area contributed by atoms with Crippen LogP contribution in [-0.4, -0.2) is 23.2 Å². The molecule has 92 valence electrons. The van der Waals surface area contributed by atoms with Gasteiger partial charge in [0.15, 0.2) is 0 Å². The van der Waals surface area contributed by atoms with Crippen LogP contribution in [0.3, 0.4) is 0 Å². The van der Waals surface area contributed by atoms with Crippen molar-refractivity contribution in [1.82, 2.24) is 5.32 Å². The van der Waals surface area contributed by atoms with Crippen molar-refractivity contribution in [2.24, 2.45) is 5.92 Å². The third kappa shape index (κ3) is 2.86. The Kier molecular flexibility index (Phi) is 3.48. The van der Waals surface area contributed by atoms with Gasteiger partial charge < -0.3 is 10.4 Å². The Hall–Kier alpha value is -1.35. The molecule has 1 heterocycles. The lowest BCUT2D eigenvalue weighted by atomic mass is 9.80. The fraction of sp³-hybridized carbons (Fsp3) is 0.500. The minimum Gasteiger partial charge on any atom is -0.480 e. The molecule has 0 bridgehead atoms. The number of hydrogen-bond acceptors (Lipinski definition) is 2. The molecule has 0 aromatic heterocycles. The average Bonchev–Trinajstić information content (AvgIpc) is 2.30. The molecule has 17 heavy (non-hydrogen) atoms. The van der Waals surface area contributed by atoms with Crippen LogP contribution in [-0.2, 0) is 11.2 Å². The van der Waals surface area contributed by atoms with Crippen LogP contribution in [0.4, 0.5) is 0 Å². The topological polar surface area (TPSA) is 49.3 Å². The van der Waals surface area contributed by atoms with E-state index in [0.29, 0.717) is 12.3 Å². The third-order valence-corrected chi connectivity index (χ3v) is 3.60. The number of carboxylic acids is 1. The Morgan fingerprint density at radius 2 is 2.18 bits per heavy atom. The summed E-state index contributed by atoms with van der Waals surface area (Å²) in [5.41, 5.74) is 0.546. The minimum absolute atomic E-state index is 0.458. The highest BCUT2D eigenvalue weighted by molar-refractivity contribution is 5.78. The van der Waals surface area contributed by atoms with E-state index in [1.54, 1.807) is 6.92 Å². The molecule has 1 aromatic rings. The van der Waals surface area contributed by atoms with Crippen LogP contribution in [0, 0.1) is 5.92 Å². The average molecular weight is 233 g/mol. The molecular formula is C14H19NO2. The zero-order valence-electron chi connectivity index (χ0n) is 10.1. The second kappa shape index (κ2) is 4.88. The van der Waals surface area contributed by atoms with E-state index in [1.807, 2.05) is 18.2 Å². The molecule has 3 heteroatoms. The smallest absolute Gasteiger partial charge is 0.323 e. The number of hydrogen-bond donors (Lipinski definition) is 2. The zero-order valence-corrected chi connectivity index (χ0v) is 10.1. The van der Waals surface area contributed by atoms with Crippen LogP contribution in [0.25, 0.3) is 0 Å². The molecule has 1 aliphatic heterocycles. The lowest BCUT2D eigenvalue weighted by Crippen LogP contribution is -2.54. The summed E-state index contributed by atoms with van der Waals surface area (Å²) in [7, 11) is 0. The quantitative estimate of drug-likeness (QED) is 0.840. The lowest BCUT2D eigenvalue weighted by Gasteiger charge is -2.36. The Morgan fingerprint density at radius 3 is 2.82 bits per heavy atom. The molecule has 2 rings (SSSR count). The van der Waals surface area contributed by atoms with Gasteiger partial charge in [0.25, 0.3) is 0 Å². The lowest BCUT2D eigenvalue weighted by molar-refractivity contribution is -0.145. The predicted octanol–water partition coefficient (Wildman–Crippen LogP) is 2.07. The summed E-state index contributed by atoms with van der Waals surface area (Å²) < 4.78 is 0. The highest BCUT2D eigenvalue weighted by Gasteiger charge is 2.38.